The molecule has 0 spiro atoms. The SMILES string of the molecule is NC(=O)OC(CN=C=O)N=C=O. The average Bonchev–Trinajstić information content (AvgIpc) is 2.00. The molecule has 0 aromatic heterocycles. The summed E-state index contributed by atoms with van der Waals surface area (Å²) < 4.78 is 4.23. The minimum absolute atomic E-state index is 0.290. The number of carbonyl (C=O) groups is 1. The maximum absolute atomic E-state index is 10.1. The second-order valence-electron chi connectivity index (χ2n) is 1.54. The second kappa shape index (κ2) is 5.79. The zero-order chi connectivity index (χ0) is 9.40. The average molecular weight is 171 g/mol. The summed E-state index contributed by atoms with van der Waals surface area (Å²) in [5.41, 5.74) is 4.60. The molecule has 0 rings (SSSR count). The summed E-state index contributed by atoms with van der Waals surface area (Å²) in [6, 6.07) is 0. The normalized spacial score (nSPS) is 10.3. The van der Waals surface area contributed by atoms with Gasteiger partial charge < -0.3 is 10.5 Å². The van der Waals surface area contributed by atoms with E-state index < -0.39 is 12.3 Å². The number of hydrogen-bond donors (Lipinski definition) is 1. The van der Waals surface area contributed by atoms with Crippen LogP contribution in [0, 0.1) is 0 Å². The van der Waals surface area contributed by atoms with E-state index in [0.29, 0.717) is 0 Å². The van der Waals surface area contributed by atoms with Gasteiger partial charge in [0, 0.05) is 0 Å². The van der Waals surface area contributed by atoms with Gasteiger partial charge >= 0.3 is 6.09 Å². The molecule has 0 aliphatic rings. The van der Waals surface area contributed by atoms with Crippen LogP contribution in [0.4, 0.5) is 4.79 Å². The van der Waals surface area contributed by atoms with Crippen molar-refractivity contribution in [3.05, 3.63) is 0 Å². The molecule has 1 amide bonds. The summed E-state index contributed by atoms with van der Waals surface area (Å²) in [6.07, 6.45) is 0.0132. The van der Waals surface area contributed by atoms with Crippen molar-refractivity contribution in [2.45, 2.75) is 6.23 Å². The lowest BCUT2D eigenvalue weighted by Gasteiger charge is -2.04. The number of amides is 1. The predicted molar refractivity (Wildman–Crippen MR) is 35.6 cm³/mol. The number of hydrogen-bond acceptors (Lipinski definition) is 6. The number of aliphatic imine (C=N–C) groups is 2. The van der Waals surface area contributed by atoms with Gasteiger partial charge in [0.05, 0.1) is 0 Å². The summed E-state index contributed by atoms with van der Waals surface area (Å²) in [4.78, 5) is 35.4. The van der Waals surface area contributed by atoms with Crippen molar-refractivity contribution < 1.29 is 19.1 Å². The van der Waals surface area contributed by atoms with Crippen molar-refractivity contribution in [3.8, 4) is 0 Å². The molecule has 0 bridgehead atoms. The standard InChI is InChI=1S/C5H5N3O4/c6-5(11)12-4(8-3-10)1-7-2-9/h4H,1H2,(H2,6,11). The summed E-state index contributed by atoms with van der Waals surface area (Å²) in [5.74, 6) is 0. The van der Waals surface area contributed by atoms with E-state index in [-0.39, 0.29) is 6.54 Å². The Kier molecular flexibility index (Phi) is 4.84. The molecule has 2 N–H and O–H groups in total. The Labute approximate surface area is 66.9 Å². The molecule has 0 fully saturated rings. The second-order valence-corrected chi connectivity index (χ2v) is 1.54. The Balaban J connectivity index is 4.11. The van der Waals surface area contributed by atoms with E-state index in [1.807, 2.05) is 0 Å². The van der Waals surface area contributed by atoms with Gasteiger partial charge in [0.25, 0.3) is 0 Å². The monoisotopic (exact) mass is 171 g/mol. The van der Waals surface area contributed by atoms with Crippen LogP contribution in [-0.4, -0.2) is 31.0 Å². The fourth-order valence-corrected chi connectivity index (χ4v) is 0.413. The van der Waals surface area contributed by atoms with Crippen molar-refractivity contribution >= 4 is 18.3 Å². The largest absolute Gasteiger partial charge is 0.421 e. The van der Waals surface area contributed by atoms with Crippen molar-refractivity contribution in [2.75, 3.05) is 6.54 Å². The van der Waals surface area contributed by atoms with Crippen LogP contribution in [0.3, 0.4) is 0 Å². The zero-order valence-corrected chi connectivity index (χ0v) is 5.89. The van der Waals surface area contributed by atoms with Crippen molar-refractivity contribution in [1.82, 2.24) is 0 Å². The van der Waals surface area contributed by atoms with Crippen LogP contribution in [0.2, 0.25) is 0 Å². The molecule has 7 heteroatoms. The first-order chi connectivity index (χ1) is 5.70. The van der Waals surface area contributed by atoms with E-state index in [4.69, 9.17) is 0 Å². The third-order valence-corrected chi connectivity index (χ3v) is 0.761. The molecule has 0 aromatic carbocycles. The van der Waals surface area contributed by atoms with Gasteiger partial charge in [-0.3, -0.25) is 0 Å². The smallest absolute Gasteiger partial charge is 0.406 e. The quantitative estimate of drug-likeness (QED) is 0.435. The van der Waals surface area contributed by atoms with Gasteiger partial charge in [-0.2, -0.15) is 9.98 Å². The number of rotatable bonds is 4. The molecular weight excluding hydrogens is 166 g/mol. The molecule has 1 unspecified atom stereocenters. The summed E-state index contributed by atoms with van der Waals surface area (Å²) in [5, 5.41) is 0. The van der Waals surface area contributed by atoms with E-state index in [1.54, 1.807) is 0 Å². The lowest BCUT2D eigenvalue weighted by Crippen LogP contribution is -2.23. The van der Waals surface area contributed by atoms with Crippen LogP contribution in [0.15, 0.2) is 9.98 Å². The summed E-state index contributed by atoms with van der Waals surface area (Å²) in [7, 11) is 0. The molecule has 0 saturated heterocycles. The first-order valence-corrected chi connectivity index (χ1v) is 2.77. The minimum atomic E-state index is -1.19. The number of carbonyl (C=O) groups excluding carboxylic acids is 3. The maximum Gasteiger partial charge on any atom is 0.406 e. The van der Waals surface area contributed by atoms with Crippen LogP contribution in [-0.2, 0) is 14.3 Å². The Hall–Kier alpha value is -1.97. The first kappa shape index (κ1) is 10.0. The molecule has 7 nitrogen and oxygen atoms in total. The minimum Gasteiger partial charge on any atom is -0.421 e. The van der Waals surface area contributed by atoms with Gasteiger partial charge in [-0.15, -0.1) is 0 Å². The Morgan fingerprint density at radius 1 is 1.50 bits per heavy atom. The fraction of sp³-hybridized carbons (Fsp3) is 0.400. The topological polar surface area (TPSA) is 111 Å². The highest BCUT2D eigenvalue weighted by Crippen LogP contribution is 1.92. The van der Waals surface area contributed by atoms with Crippen molar-refractivity contribution in [2.24, 2.45) is 15.7 Å². The van der Waals surface area contributed by atoms with Crippen molar-refractivity contribution in [3.63, 3.8) is 0 Å². The lowest BCUT2D eigenvalue weighted by molar-refractivity contribution is 0.115. The molecule has 0 aliphatic heterocycles. The zero-order valence-electron chi connectivity index (χ0n) is 5.89. The molecular formula is C5H5N3O4. The Morgan fingerprint density at radius 3 is 2.58 bits per heavy atom. The van der Waals surface area contributed by atoms with Crippen LogP contribution in [0.1, 0.15) is 0 Å². The Morgan fingerprint density at radius 2 is 2.17 bits per heavy atom. The number of ether oxygens (including phenoxy) is 1. The third-order valence-electron chi connectivity index (χ3n) is 0.761. The molecule has 64 valence electrons. The van der Waals surface area contributed by atoms with Crippen molar-refractivity contribution in [1.29, 1.82) is 0 Å². The number of nitrogens with two attached hydrogens (primary N) is 1. The van der Waals surface area contributed by atoms with Gasteiger partial charge in [-0.05, 0) is 0 Å². The molecule has 0 aromatic rings. The Bertz CT molecular complexity index is 247. The summed E-state index contributed by atoms with van der Waals surface area (Å²) >= 11 is 0. The van der Waals surface area contributed by atoms with Gasteiger partial charge in [0.15, 0.2) is 0 Å². The van der Waals surface area contributed by atoms with Gasteiger partial charge in [-0.25, -0.2) is 14.4 Å². The highest BCUT2D eigenvalue weighted by atomic mass is 16.6. The fourth-order valence-electron chi connectivity index (χ4n) is 0.413. The number of primary amides is 1. The van der Waals surface area contributed by atoms with Gasteiger partial charge in [0.1, 0.15) is 6.54 Å². The predicted octanol–water partition coefficient (Wildman–Crippen LogP) is -0.921. The molecule has 0 heterocycles. The third kappa shape index (κ3) is 4.87. The molecule has 1 atom stereocenters. The maximum atomic E-state index is 10.1. The summed E-state index contributed by atoms with van der Waals surface area (Å²) in [6.45, 7) is -0.290. The highest BCUT2D eigenvalue weighted by Gasteiger charge is 2.08. The first-order valence-electron chi connectivity index (χ1n) is 2.77. The van der Waals surface area contributed by atoms with E-state index in [0.717, 1.165) is 6.08 Å². The van der Waals surface area contributed by atoms with Gasteiger partial charge in [0.2, 0.25) is 18.4 Å². The highest BCUT2D eigenvalue weighted by molar-refractivity contribution is 5.64. The molecule has 12 heavy (non-hydrogen) atoms. The van der Waals surface area contributed by atoms with Crippen LogP contribution < -0.4 is 5.73 Å². The number of nitrogens with zero attached hydrogens (tertiary/aromatic N) is 2. The molecule has 0 saturated carbocycles. The van der Waals surface area contributed by atoms with E-state index in [9.17, 15) is 14.4 Å². The number of isocyanates is 2. The molecule has 0 aliphatic carbocycles. The van der Waals surface area contributed by atoms with Crippen LogP contribution in [0.5, 0.6) is 0 Å². The van der Waals surface area contributed by atoms with Gasteiger partial charge in [-0.1, -0.05) is 0 Å². The van der Waals surface area contributed by atoms with Crippen LogP contribution in [0.25, 0.3) is 0 Å². The van der Waals surface area contributed by atoms with E-state index in [1.165, 1.54) is 6.08 Å². The van der Waals surface area contributed by atoms with E-state index >= 15 is 0 Å². The van der Waals surface area contributed by atoms with E-state index in [2.05, 4.69) is 20.5 Å². The van der Waals surface area contributed by atoms with Crippen LogP contribution >= 0.6 is 0 Å². The lowest BCUT2D eigenvalue weighted by atomic mass is 10.6. The molecule has 0 radical (unpaired) electrons.